The maximum atomic E-state index is 12.4. The van der Waals surface area contributed by atoms with Crippen LogP contribution in [0.5, 0.6) is 0 Å². The van der Waals surface area contributed by atoms with E-state index in [2.05, 4.69) is 5.32 Å². The van der Waals surface area contributed by atoms with E-state index in [1.165, 1.54) is 0 Å². The Morgan fingerprint density at radius 2 is 1.00 bits per heavy atom. The van der Waals surface area contributed by atoms with Crippen LogP contribution in [0.4, 0.5) is 0 Å². The number of aliphatic hydroxyl groups excluding tert-OH is 12. The van der Waals surface area contributed by atoms with E-state index in [-0.39, 0.29) is 0 Å². The molecule has 4 heterocycles. The molecule has 0 aliphatic carbocycles. The van der Waals surface area contributed by atoms with Crippen molar-refractivity contribution in [3.63, 3.8) is 0 Å². The maximum Gasteiger partial charge on any atom is 0.217 e. The summed E-state index contributed by atoms with van der Waals surface area (Å²) in [4.78, 5) is 12.4. The van der Waals surface area contributed by atoms with Gasteiger partial charge in [-0.1, -0.05) is 0 Å². The minimum Gasteiger partial charge on any atom is -0.394 e. The summed E-state index contributed by atoms with van der Waals surface area (Å²) in [6.07, 6.45) is -32.2. The molecule has 4 aliphatic heterocycles. The monoisotopic (exact) mass is 721 g/mol. The molecule has 1 amide bonds. The summed E-state index contributed by atoms with van der Waals surface area (Å²) in [5.41, 5.74) is 0. The van der Waals surface area contributed by atoms with Gasteiger partial charge in [-0.25, -0.2) is 0 Å². The zero-order valence-electron chi connectivity index (χ0n) is 26.4. The highest BCUT2D eigenvalue weighted by atomic mass is 16.8. The van der Waals surface area contributed by atoms with E-state index >= 15 is 0 Å². The normalized spacial score (nSPS) is 49.4. The first kappa shape index (κ1) is 40.4. The van der Waals surface area contributed by atoms with E-state index in [1.54, 1.807) is 0 Å². The molecule has 0 aromatic heterocycles. The number of carbonyl (C=O) groups excluding carboxylic acids is 1. The topological polar surface area (TPSA) is 346 Å². The van der Waals surface area contributed by atoms with Crippen molar-refractivity contribution in [1.29, 1.82) is 0 Å². The van der Waals surface area contributed by atoms with Crippen LogP contribution in [0.1, 0.15) is 6.92 Å². The van der Waals surface area contributed by atoms with Gasteiger partial charge in [-0.3, -0.25) is 4.79 Å². The van der Waals surface area contributed by atoms with Gasteiger partial charge in [0.25, 0.3) is 0 Å². The molecule has 4 rings (SSSR count). The Bertz CT molecular complexity index is 1040. The van der Waals surface area contributed by atoms with E-state index in [1.807, 2.05) is 0 Å². The van der Waals surface area contributed by atoms with Gasteiger partial charge < -0.3 is 104 Å². The van der Waals surface area contributed by atoms with Crippen molar-refractivity contribution in [1.82, 2.24) is 5.32 Å². The fraction of sp³-hybridized carbons (Fsp3) is 0.963. The van der Waals surface area contributed by atoms with E-state index in [4.69, 9.17) is 37.9 Å². The van der Waals surface area contributed by atoms with Crippen molar-refractivity contribution in [3.05, 3.63) is 0 Å². The van der Waals surface area contributed by atoms with Crippen LogP contribution in [0.2, 0.25) is 0 Å². The number of nitrogens with one attached hydrogen (secondary N) is 1. The summed E-state index contributed by atoms with van der Waals surface area (Å²) in [6, 6.07) is -1.55. The van der Waals surface area contributed by atoms with Crippen LogP contribution in [0, 0.1) is 0 Å². The van der Waals surface area contributed by atoms with Crippen molar-refractivity contribution in [2.75, 3.05) is 33.5 Å². The summed E-state index contributed by atoms with van der Waals surface area (Å²) in [5, 5.41) is 127. The molecule has 286 valence electrons. The number of ether oxygens (including phenoxy) is 8. The first-order valence-corrected chi connectivity index (χ1v) is 15.5. The van der Waals surface area contributed by atoms with Gasteiger partial charge in [-0.15, -0.1) is 0 Å². The van der Waals surface area contributed by atoms with Gasteiger partial charge in [-0.05, 0) is 0 Å². The lowest BCUT2D eigenvalue weighted by molar-refractivity contribution is -0.379. The third-order valence-electron chi connectivity index (χ3n) is 8.86. The Morgan fingerprint density at radius 1 is 0.531 bits per heavy atom. The van der Waals surface area contributed by atoms with Gasteiger partial charge in [0.1, 0.15) is 97.6 Å². The standard InChI is InChI=1S/C27H47NO21/c1-7(33)28-12-21(48-27-23(42-2)16(37)13(34)8(3-29)46-27)14(35)9(4-30)44-25(12)49-22-15(36)10(5-31)45-26(19(22)40)47-20-11(6-32)43-24(41)18(39)17(20)38/h8-27,29-32,34-41H,3-6H2,1-2H3,(H,28,33)/t8-,9-,10-,11-,12-,13+,14-,15+,16+,17-,18-,19-,20-,21-,22+,23-,24?,25+,26+,27+/m1/s1. The Hall–Kier alpha value is -1.33. The molecule has 1 unspecified atom stereocenters. The fourth-order valence-electron chi connectivity index (χ4n) is 6.18. The van der Waals surface area contributed by atoms with Crippen molar-refractivity contribution in [2.24, 2.45) is 0 Å². The molecule has 4 saturated heterocycles. The predicted molar refractivity (Wildman–Crippen MR) is 150 cm³/mol. The molecular weight excluding hydrogens is 674 g/mol. The van der Waals surface area contributed by atoms with Gasteiger partial charge in [0, 0.05) is 14.0 Å². The van der Waals surface area contributed by atoms with Crippen LogP contribution in [0.3, 0.4) is 0 Å². The quantitative estimate of drug-likeness (QED) is 0.0889. The zero-order chi connectivity index (χ0) is 36.3. The number of aliphatic hydroxyl groups is 12. The van der Waals surface area contributed by atoms with Gasteiger partial charge >= 0.3 is 0 Å². The molecule has 49 heavy (non-hydrogen) atoms. The molecule has 0 spiro atoms. The average Bonchev–Trinajstić information content (AvgIpc) is 3.07. The lowest BCUT2D eigenvalue weighted by Gasteiger charge is -2.50. The molecule has 22 nitrogen and oxygen atoms in total. The molecule has 0 bridgehead atoms. The lowest BCUT2D eigenvalue weighted by Crippen LogP contribution is -2.70. The predicted octanol–water partition coefficient (Wildman–Crippen LogP) is -8.95. The molecule has 0 saturated carbocycles. The van der Waals surface area contributed by atoms with Crippen molar-refractivity contribution >= 4 is 5.91 Å². The molecule has 0 aromatic rings. The lowest BCUT2D eigenvalue weighted by atomic mass is 9.94. The molecule has 4 fully saturated rings. The molecule has 13 N–H and O–H groups in total. The Balaban J connectivity index is 1.62. The summed E-state index contributed by atoms with van der Waals surface area (Å²) in [5.74, 6) is -0.730. The van der Waals surface area contributed by atoms with E-state index in [0.717, 1.165) is 14.0 Å². The van der Waals surface area contributed by atoms with Crippen LogP contribution >= 0.6 is 0 Å². The average molecular weight is 722 g/mol. The van der Waals surface area contributed by atoms with Gasteiger partial charge in [0.15, 0.2) is 25.2 Å². The third-order valence-corrected chi connectivity index (χ3v) is 8.86. The number of carbonyl (C=O) groups is 1. The summed E-state index contributed by atoms with van der Waals surface area (Å²) < 4.78 is 44.5. The molecule has 22 heteroatoms. The number of hydrogen-bond acceptors (Lipinski definition) is 21. The number of hydrogen-bond donors (Lipinski definition) is 13. The van der Waals surface area contributed by atoms with Crippen LogP contribution in [-0.2, 0) is 42.7 Å². The second-order valence-corrected chi connectivity index (χ2v) is 12.1. The molecule has 20 atom stereocenters. The SMILES string of the molecule is CO[C@H]1[C@H](O[C@H]2[C@H](O)[C@@H](CO)O[C@@H](O[C@H]3[C@@H](O)[C@@H](CO)O[C@@H](O[C@H]4[C@H](O)[C@@H](O)C(O)O[C@@H]4CO)[C@@H]3O)[C@@H]2NC(C)=O)O[C@H](CO)[C@H](O)[C@@H]1O. The summed E-state index contributed by atoms with van der Waals surface area (Å²) in [7, 11) is 1.15. The van der Waals surface area contributed by atoms with Crippen molar-refractivity contribution in [3.8, 4) is 0 Å². The smallest absolute Gasteiger partial charge is 0.217 e. The Morgan fingerprint density at radius 3 is 1.55 bits per heavy atom. The summed E-state index contributed by atoms with van der Waals surface area (Å²) >= 11 is 0. The maximum absolute atomic E-state index is 12.4. The van der Waals surface area contributed by atoms with Crippen LogP contribution in [0.15, 0.2) is 0 Å². The van der Waals surface area contributed by atoms with Gasteiger partial charge in [-0.2, -0.15) is 0 Å². The highest BCUT2D eigenvalue weighted by molar-refractivity contribution is 5.73. The number of methoxy groups -OCH3 is 1. The fourth-order valence-corrected chi connectivity index (χ4v) is 6.18. The highest BCUT2D eigenvalue weighted by Crippen LogP contribution is 2.34. The van der Waals surface area contributed by atoms with Crippen molar-refractivity contribution in [2.45, 2.75) is 130 Å². The van der Waals surface area contributed by atoms with Crippen LogP contribution in [-0.4, -0.2) is 223 Å². The van der Waals surface area contributed by atoms with Gasteiger partial charge in [0.2, 0.25) is 5.91 Å². The highest BCUT2D eigenvalue weighted by Gasteiger charge is 2.56. The minimum atomic E-state index is -2.02. The molecular formula is C27H47NO21. The second-order valence-electron chi connectivity index (χ2n) is 12.1. The van der Waals surface area contributed by atoms with Gasteiger partial charge in [0.05, 0.1) is 26.4 Å². The largest absolute Gasteiger partial charge is 0.394 e. The first-order valence-electron chi connectivity index (χ1n) is 15.5. The molecule has 0 aromatic carbocycles. The second kappa shape index (κ2) is 17.5. The molecule has 0 radical (unpaired) electrons. The Labute approximate surface area is 278 Å². The van der Waals surface area contributed by atoms with E-state index in [9.17, 15) is 66.1 Å². The van der Waals surface area contributed by atoms with E-state index < -0.39 is 155 Å². The van der Waals surface area contributed by atoms with Crippen LogP contribution in [0.25, 0.3) is 0 Å². The number of amides is 1. The zero-order valence-corrected chi connectivity index (χ0v) is 26.4. The summed E-state index contributed by atoms with van der Waals surface area (Å²) in [6.45, 7) is -2.26. The first-order chi connectivity index (χ1) is 23.2. The third kappa shape index (κ3) is 8.50. The number of rotatable bonds is 12. The minimum absolute atomic E-state index is 0.730. The van der Waals surface area contributed by atoms with Crippen LogP contribution < -0.4 is 5.32 Å². The van der Waals surface area contributed by atoms with Crippen molar-refractivity contribution < 1.29 is 104 Å². The Kier molecular flexibility index (Phi) is 14.4. The molecule has 4 aliphatic rings. The van der Waals surface area contributed by atoms with E-state index in [0.29, 0.717) is 0 Å².